The molecule has 1 heterocycles. The van der Waals surface area contributed by atoms with Crippen LogP contribution in [0, 0.1) is 12.7 Å². The van der Waals surface area contributed by atoms with E-state index in [-0.39, 0.29) is 11.7 Å². The number of hydrogen-bond donors (Lipinski definition) is 0. The molecule has 0 fully saturated rings. The molecule has 0 aliphatic carbocycles. The van der Waals surface area contributed by atoms with E-state index in [2.05, 4.69) is 6.07 Å². The molecule has 1 aliphatic rings. The smallest absolute Gasteiger partial charge is 0.254 e. The molecule has 4 rings (SSSR count). The lowest BCUT2D eigenvalue weighted by Crippen LogP contribution is -2.41. The lowest BCUT2D eigenvalue weighted by molar-refractivity contribution is 0.0692. The van der Waals surface area contributed by atoms with Crippen molar-refractivity contribution >= 4 is 5.91 Å². The summed E-state index contributed by atoms with van der Waals surface area (Å²) in [5, 5.41) is 0. The average molecular weight is 345 g/mol. The minimum absolute atomic E-state index is 0.0623. The molecule has 0 N–H and O–H groups in total. The average Bonchev–Trinajstić information content (AvgIpc) is 2.68. The van der Waals surface area contributed by atoms with Gasteiger partial charge in [-0.05, 0) is 42.7 Å². The monoisotopic (exact) mass is 345 g/mol. The molecule has 130 valence electrons. The third kappa shape index (κ3) is 2.90. The number of halogens is 1. The molecule has 2 nitrogen and oxygen atoms in total. The number of benzene rings is 3. The first-order valence-corrected chi connectivity index (χ1v) is 8.85. The number of rotatable bonds is 2. The highest BCUT2D eigenvalue weighted by atomic mass is 19.1. The van der Waals surface area contributed by atoms with Gasteiger partial charge in [0, 0.05) is 17.7 Å². The summed E-state index contributed by atoms with van der Waals surface area (Å²) in [5.41, 5.74) is 4.46. The van der Waals surface area contributed by atoms with Gasteiger partial charge < -0.3 is 4.90 Å². The third-order valence-corrected chi connectivity index (χ3v) is 5.04. The van der Waals surface area contributed by atoms with Crippen molar-refractivity contribution in [1.29, 1.82) is 0 Å². The van der Waals surface area contributed by atoms with Gasteiger partial charge in [-0.1, -0.05) is 60.2 Å². The van der Waals surface area contributed by atoms with Gasteiger partial charge in [0.25, 0.3) is 5.91 Å². The molecule has 1 unspecified atom stereocenters. The van der Waals surface area contributed by atoms with Gasteiger partial charge in [0.15, 0.2) is 0 Å². The second-order valence-electron chi connectivity index (χ2n) is 6.74. The Hall–Kier alpha value is -2.94. The Labute approximate surface area is 152 Å². The van der Waals surface area contributed by atoms with Crippen LogP contribution in [0.4, 0.5) is 4.39 Å². The molecule has 0 radical (unpaired) electrons. The van der Waals surface area contributed by atoms with Crippen LogP contribution in [0.5, 0.6) is 0 Å². The summed E-state index contributed by atoms with van der Waals surface area (Å²) in [6, 6.07) is 21.9. The van der Waals surface area contributed by atoms with E-state index in [4.69, 9.17) is 0 Å². The lowest BCUT2D eigenvalue weighted by Gasteiger charge is -2.38. The molecule has 3 aromatic carbocycles. The van der Waals surface area contributed by atoms with Crippen molar-refractivity contribution < 1.29 is 9.18 Å². The summed E-state index contributed by atoms with van der Waals surface area (Å²) >= 11 is 0. The van der Waals surface area contributed by atoms with Crippen LogP contribution in [-0.2, 0) is 6.42 Å². The Morgan fingerprint density at radius 2 is 1.58 bits per heavy atom. The molecule has 0 bridgehead atoms. The predicted octanol–water partition coefficient (Wildman–Crippen LogP) is 4.92. The van der Waals surface area contributed by atoms with E-state index in [1.807, 2.05) is 55.5 Å². The zero-order valence-corrected chi connectivity index (χ0v) is 14.7. The van der Waals surface area contributed by atoms with Gasteiger partial charge in [-0.15, -0.1) is 0 Å². The van der Waals surface area contributed by atoms with E-state index in [0.29, 0.717) is 17.7 Å². The van der Waals surface area contributed by atoms with Gasteiger partial charge >= 0.3 is 0 Å². The molecular formula is C23H20FNO. The normalized spacial score (nSPS) is 16.2. The van der Waals surface area contributed by atoms with Crippen LogP contribution < -0.4 is 0 Å². The first-order chi connectivity index (χ1) is 12.6. The maximum atomic E-state index is 14.6. The molecule has 26 heavy (non-hydrogen) atoms. The largest absolute Gasteiger partial charge is 0.327 e. The van der Waals surface area contributed by atoms with Crippen LogP contribution in [0.25, 0.3) is 0 Å². The highest BCUT2D eigenvalue weighted by Gasteiger charge is 2.33. The number of nitrogens with zero attached hydrogens (tertiary/aromatic N) is 1. The summed E-state index contributed by atoms with van der Waals surface area (Å²) in [5.74, 6) is -0.344. The summed E-state index contributed by atoms with van der Waals surface area (Å²) in [6.07, 6.45) is 0.777. The van der Waals surface area contributed by atoms with Crippen LogP contribution in [0.3, 0.4) is 0 Å². The number of hydrogen-bond acceptors (Lipinski definition) is 1. The first-order valence-electron chi connectivity index (χ1n) is 8.85. The van der Waals surface area contributed by atoms with Crippen molar-refractivity contribution in [2.24, 2.45) is 0 Å². The molecule has 3 aromatic rings. The van der Waals surface area contributed by atoms with E-state index < -0.39 is 6.04 Å². The highest BCUT2D eigenvalue weighted by Crippen LogP contribution is 2.37. The van der Waals surface area contributed by atoms with Gasteiger partial charge in [-0.3, -0.25) is 4.79 Å². The van der Waals surface area contributed by atoms with Gasteiger partial charge in [0.05, 0.1) is 6.04 Å². The first kappa shape index (κ1) is 16.5. The van der Waals surface area contributed by atoms with Gasteiger partial charge in [0.1, 0.15) is 5.82 Å². The number of carbonyl (C=O) groups excluding carboxylic acids is 1. The summed E-state index contributed by atoms with van der Waals surface area (Å²) in [6.45, 7) is 2.57. The maximum absolute atomic E-state index is 14.6. The van der Waals surface area contributed by atoms with Crippen LogP contribution in [0.1, 0.15) is 38.7 Å². The fourth-order valence-electron chi connectivity index (χ4n) is 3.68. The highest BCUT2D eigenvalue weighted by molar-refractivity contribution is 5.95. The van der Waals surface area contributed by atoms with E-state index >= 15 is 0 Å². The van der Waals surface area contributed by atoms with Gasteiger partial charge in [0.2, 0.25) is 0 Å². The minimum Gasteiger partial charge on any atom is -0.327 e. The van der Waals surface area contributed by atoms with Crippen molar-refractivity contribution in [2.45, 2.75) is 19.4 Å². The molecule has 0 spiro atoms. The maximum Gasteiger partial charge on any atom is 0.254 e. The molecular weight excluding hydrogens is 325 g/mol. The number of amides is 1. The van der Waals surface area contributed by atoms with Crippen LogP contribution >= 0.6 is 0 Å². The fourth-order valence-corrected chi connectivity index (χ4v) is 3.68. The number of fused-ring (bicyclic) bond motifs is 1. The van der Waals surface area contributed by atoms with Crippen molar-refractivity contribution in [1.82, 2.24) is 4.90 Å². The Balaban J connectivity index is 1.82. The summed E-state index contributed by atoms with van der Waals surface area (Å²) in [7, 11) is 0. The molecule has 0 saturated heterocycles. The standard InChI is InChI=1S/C23H20FNO/c1-16-10-12-18(13-11-16)23(26)25-15-14-17-6-2-3-7-19(17)22(25)20-8-4-5-9-21(20)24/h2-13,22H,14-15H2,1H3. The van der Waals surface area contributed by atoms with Gasteiger partial charge in [-0.2, -0.15) is 0 Å². The molecule has 0 aromatic heterocycles. The Morgan fingerprint density at radius 1 is 0.923 bits per heavy atom. The van der Waals surface area contributed by atoms with Crippen LogP contribution in [-0.4, -0.2) is 17.4 Å². The molecule has 3 heteroatoms. The zero-order valence-electron chi connectivity index (χ0n) is 14.7. The third-order valence-electron chi connectivity index (χ3n) is 5.04. The van der Waals surface area contributed by atoms with Crippen LogP contribution in [0.15, 0.2) is 72.8 Å². The lowest BCUT2D eigenvalue weighted by atomic mass is 9.87. The van der Waals surface area contributed by atoms with Crippen molar-refractivity contribution in [3.63, 3.8) is 0 Å². The van der Waals surface area contributed by atoms with E-state index in [9.17, 15) is 9.18 Å². The van der Waals surface area contributed by atoms with Crippen molar-refractivity contribution in [3.05, 3.63) is 106 Å². The molecule has 1 aliphatic heterocycles. The fraction of sp³-hybridized carbons (Fsp3) is 0.174. The molecule has 1 atom stereocenters. The quantitative estimate of drug-likeness (QED) is 0.645. The second-order valence-corrected chi connectivity index (χ2v) is 6.74. The van der Waals surface area contributed by atoms with E-state index in [0.717, 1.165) is 17.5 Å². The van der Waals surface area contributed by atoms with E-state index in [1.165, 1.54) is 11.6 Å². The Bertz CT molecular complexity index is 948. The molecule has 1 amide bonds. The number of carbonyl (C=O) groups is 1. The van der Waals surface area contributed by atoms with Crippen molar-refractivity contribution in [3.8, 4) is 0 Å². The summed E-state index contributed by atoms with van der Waals surface area (Å²) < 4.78 is 14.6. The Kier molecular flexibility index (Phi) is 4.29. The molecule has 0 saturated carbocycles. The van der Waals surface area contributed by atoms with Crippen molar-refractivity contribution in [2.75, 3.05) is 6.54 Å². The predicted molar refractivity (Wildman–Crippen MR) is 101 cm³/mol. The minimum atomic E-state index is -0.407. The topological polar surface area (TPSA) is 20.3 Å². The summed E-state index contributed by atoms with van der Waals surface area (Å²) in [4.78, 5) is 15.0. The Morgan fingerprint density at radius 3 is 2.31 bits per heavy atom. The second kappa shape index (κ2) is 6.75. The SMILES string of the molecule is Cc1ccc(C(=O)N2CCc3ccccc3C2c2ccccc2F)cc1. The van der Waals surface area contributed by atoms with Crippen LogP contribution in [0.2, 0.25) is 0 Å². The number of aryl methyl sites for hydroxylation is 1. The van der Waals surface area contributed by atoms with E-state index in [1.54, 1.807) is 17.0 Å². The van der Waals surface area contributed by atoms with Gasteiger partial charge in [-0.25, -0.2) is 4.39 Å². The zero-order chi connectivity index (χ0) is 18.1.